The molecule has 2 N–H and O–H groups in total. The molecule has 8 nitrogen and oxygen atoms in total. The number of aromatic nitrogens is 3. The molecule has 0 fully saturated rings. The summed E-state index contributed by atoms with van der Waals surface area (Å²) in [4.78, 5) is 16.5. The summed E-state index contributed by atoms with van der Waals surface area (Å²) in [6, 6.07) is 14.2. The SMILES string of the molecule is CC(NC(=O)[C@H](C)NS(=O)(=O)c1ccccc1)c1ccc(-n2cncn2)cc1. The van der Waals surface area contributed by atoms with Gasteiger partial charge in [-0.2, -0.15) is 9.82 Å². The lowest BCUT2D eigenvalue weighted by molar-refractivity contribution is -0.123. The normalized spacial score (nSPS) is 13.6. The Labute approximate surface area is 163 Å². The fourth-order valence-corrected chi connectivity index (χ4v) is 3.86. The predicted octanol–water partition coefficient (Wildman–Crippen LogP) is 1.81. The van der Waals surface area contributed by atoms with Crippen molar-refractivity contribution >= 4 is 15.9 Å². The molecule has 0 aliphatic heterocycles. The van der Waals surface area contributed by atoms with Crippen LogP contribution in [-0.4, -0.2) is 35.1 Å². The summed E-state index contributed by atoms with van der Waals surface area (Å²) < 4.78 is 28.7. The van der Waals surface area contributed by atoms with Crippen LogP contribution < -0.4 is 10.0 Å². The second kappa shape index (κ2) is 8.32. The topological polar surface area (TPSA) is 106 Å². The Morgan fingerprint density at radius 3 is 2.32 bits per heavy atom. The first-order valence-corrected chi connectivity index (χ1v) is 10.2. The molecule has 0 aliphatic carbocycles. The lowest BCUT2D eigenvalue weighted by Gasteiger charge is -2.19. The van der Waals surface area contributed by atoms with Gasteiger partial charge in [0.1, 0.15) is 12.7 Å². The summed E-state index contributed by atoms with van der Waals surface area (Å²) in [5.74, 6) is -0.410. The molecule has 0 saturated heterocycles. The zero-order valence-corrected chi connectivity index (χ0v) is 16.3. The van der Waals surface area contributed by atoms with Crippen molar-refractivity contribution in [2.75, 3.05) is 0 Å². The molecule has 0 aliphatic rings. The number of amides is 1. The first-order chi connectivity index (χ1) is 13.4. The second-order valence-electron chi connectivity index (χ2n) is 6.32. The van der Waals surface area contributed by atoms with Crippen LogP contribution in [0.1, 0.15) is 25.5 Å². The molecule has 2 atom stereocenters. The number of hydrogen-bond donors (Lipinski definition) is 2. The monoisotopic (exact) mass is 399 g/mol. The minimum atomic E-state index is -3.76. The van der Waals surface area contributed by atoms with Gasteiger partial charge in [0.25, 0.3) is 0 Å². The van der Waals surface area contributed by atoms with E-state index in [-0.39, 0.29) is 10.9 Å². The molecular weight excluding hydrogens is 378 g/mol. The molecule has 3 aromatic rings. The number of sulfonamides is 1. The Morgan fingerprint density at radius 1 is 1.04 bits per heavy atom. The molecule has 28 heavy (non-hydrogen) atoms. The van der Waals surface area contributed by atoms with Gasteiger partial charge in [0.05, 0.1) is 22.7 Å². The Kier molecular flexibility index (Phi) is 5.86. The maximum absolute atomic E-state index is 12.4. The van der Waals surface area contributed by atoms with Gasteiger partial charge < -0.3 is 5.32 Å². The van der Waals surface area contributed by atoms with Crippen molar-refractivity contribution in [1.29, 1.82) is 0 Å². The van der Waals surface area contributed by atoms with Gasteiger partial charge in [-0.1, -0.05) is 30.3 Å². The lowest BCUT2D eigenvalue weighted by Crippen LogP contribution is -2.45. The molecule has 146 valence electrons. The van der Waals surface area contributed by atoms with E-state index in [1.807, 2.05) is 31.2 Å². The molecule has 1 unspecified atom stereocenters. The number of nitrogens with zero attached hydrogens (tertiary/aromatic N) is 3. The number of carbonyl (C=O) groups excluding carboxylic acids is 1. The van der Waals surface area contributed by atoms with Crippen molar-refractivity contribution in [3.63, 3.8) is 0 Å². The van der Waals surface area contributed by atoms with Crippen LogP contribution in [-0.2, 0) is 14.8 Å². The maximum Gasteiger partial charge on any atom is 0.241 e. The van der Waals surface area contributed by atoms with Crippen LogP contribution in [0.4, 0.5) is 0 Å². The molecular formula is C19H21N5O3S. The first-order valence-electron chi connectivity index (χ1n) is 8.69. The fourth-order valence-electron chi connectivity index (χ4n) is 2.63. The van der Waals surface area contributed by atoms with Crippen LogP contribution in [0.2, 0.25) is 0 Å². The van der Waals surface area contributed by atoms with Gasteiger partial charge in [-0.15, -0.1) is 0 Å². The highest BCUT2D eigenvalue weighted by molar-refractivity contribution is 7.89. The molecule has 3 rings (SSSR count). The fraction of sp³-hybridized carbons (Fsp3) is 0.211. The average molecular weight is 399 g/mol. The number of hydrogen-bond acceptors (Lipinski definition) is 5. The predicted molar refractivity (Wildman–Crippen MR) is 104 cm³/mol. The van der Waals surface area contributed by atoms with Crippen LogP contribution in [0.15, 0.2) is 72.1 Å². The van der Waals surface area contributed by atoms with E-state index in [1.165, 1.54) is 25.4 Å². The zero-order chi connectivity index (χ0) is 20.1. The van der Waals surface area contributed by atoms with E-state index in [4.69, 9.17) is 0 Å². The number of benzene rings is 2. The van der Waals surface area contributed by atoms with Gasteiger partial charge in [-0.25, -0.2) is 18.1 Å². The third-order valence-electron chi connectivity index (χ3n) is 4.21. The third kappa shape index (κ3) is 4.62. The standard InChI is InChI=1S/C19H21N5O3S/c1-14(16-8-10-17(11-9-16)24-13-20-12-21-24)22-19(25)15(2)23-28(26,27)18-6-4-3-5-7-18/h3-15,23H,1-2H3,(H,22,25)/t14?,15-/m0/s1. The first kappa shape index (κ1) is 19.7. The van der Waals surface area contributed by atoms with Crippen LogP contribution in [0.25, 0.3) is 5.69 Å². The number of nitrogens with one attached hydrogen (secondary N) is 2. The van der Waals surface area contributed by atoms with Crippen LogP contribution in [0, 0.1) is 0 Å². The van der Waals surface area contributed by atoms with Crippen molar-refractivity contribution in [1.82, 2.24) is 24.8 Å². The Morgan fingerprint density at radius 2 is 1.71 bits per heavy atom. The van der Waals surface area contributed by atoms with Crippen LogP contribution in [0.3, 0.4) is 0 Å². The molecule has 9 heteroatoms. The highest BCUT2D eigenvalue weighted by atomic mass is 32.2. The quantitative estimate of drug-likeness (QED) is 0.630. The van der Waals surface area contributed by atoms with E-state index < -0.39 is 22.0 Å². The van der Waals surface area contributed by atoms with E-state index in [0.29, 0.717) is 0 Å². The van der Waals surface area contributed by atoms with Gasteiger partial charge in [0.2, 0.25) is 15.9 Å². The summed E-state index contributed by atoms with van der Waals surface area (Å²) in [5.41, 5.74) is 1.74. The van der Waals surface area contributed by atoms with E-state index in [0.717, 1.165) is 11.3 Å². The molecule has 1 aromatic heterocycles. The van der Waals surface area contributed by atoms with Crippen molar-refractivity contribution < 1.29 is 13.2 Å². The highest BCUT2D eigenvalue weighted by Gasteiger charge is 2.23. The van der Waals surface area contributed by atoms with Crippen molar-refractivity contribution in [3.8, 4) is 5.69 Å². The van der Waals surface area contributed by atoms with E-state index in [1.54, 1.807) is 29.2 Å². The number of carbonyl (C=O) groups is 1. The van der Waals surface area contributed by atoms with Crippen molar-refractivity contribution in [2.45, 2.75) is 30.8 Å². The van der Waals surface area contributed by atoms with E-state index in [2.05, 4.69) is 20.1 Å². The molecule has 0 bridgehead atoms. The molecule has 0 saturated carbocycles. The minimum Gasteiger partial charge on any atom is -0.348 e. The number of rotatable bonds is 7. The molecule has 2 aromatic carbocycles. The Balaban J connectivity index is 1.62. The average Bonchev–Trinajstić information content (AvgIpc) is 3.23. The molecule has 1 heterocycles. The Hall–Kier alpha value is -3.04. The van der Waals surface area contributed by atoms with Gasteiger partial charge in [0.15, 0.2) is 0 Å². The van der Waals surface area contributed by atoms with Gasteiger partial charge in [0, 0.05) is 0 Å². The van der Waals surface area contributed by atoms with E-state index in [9.17, 15) is 13.2 Å². The summed E-state index contributed by atoms with van der Waals surface area (Å²) in [5, 5.41) is 6.89. The molecule has 0 radical (unpaired) electrons. The summed E-state index contributed by atoms with van der Waals surface area (Å²) in [6.45, 7) is 3.34. The summed E-state index contributed by atoms with van der Waals surface area (Å²) >= 11 is 0. The third-order valence-corrected chi connectivity index (χ3v) is 5.77. The van der Waals surface area contributed by atoms with Gasteiger partial charge in [-0.05, 0) is 43.7 Å². The largest absolute Gasteiger partial charge is 0.348 e. The highest BCUT2D eigenvalue weighted by Crippen LogP contribution is 2.15. The van der Waals surface area contributed by atoms with E-state index >= 15 is 0 Å². The second-order valence-corrected chi connectivity index (χ2v) is 8.03. The van der Waals surface area contributed by atoms with Crippen LogP contribution in [0.5, 0.6) is 0 Å². The van der Waals surface area contributed by atoms with Crippen LogP contribution >= 0.6 is 0 Å². The minimum absolute atomic E-state index is 0.117. The van der Waals surface area contributed by atoms with Crippen molar-refractivity contribution in [2.24, 2.45) is 0 Å². The van der Waals surface area contributed by atoms with Crippen molar-refractivity contribution in [3.05, 3.63) is 72.8 Å². The summed E-state index contributed by atoms with van der Waals surface area (Å²) in [6.07, 6.45) is 3.05. The molecule has 0 spiro atoms. The zero-order valence-electron chi connectivity index (χ0n) is 15.5. The lowest BCUT2D eigenvalue weighted by atomic mass is 10.1. The Bertz CT molecular complexity index is 1020. The van der Waals surface area contributed by atoms with Gasteiger partial charge in [-0.3, -0.25) is 4.79 Å². The smallest absolute Gasteiger partial charge is 0.241 e. The molecule has 1 amide bonds. The summed E-state index contributed by atoms with van der Waals surface area (Å²) in [7, 11) is -3.76. The maximum atomic E-state index is 12.4. The van der Waals surface area contributed by atoms with Gasteiger partial charge >= 0.3 is 0 Å².